The fourth-order valence-electron chi connectivity index (χ4n) is 3.21. The zero-order valence-corrected chi connectivity index (χ0v) is 12.6. The third kappa shape index (κ3) is 4.18. The average molecular weight is 283 g/mol. The van der Waals surface area contributed by atoms with E-state index in [2.05, 4.69) is 39.8 Å². The lowest BCUT2D eigenvalue weighted by Crippen LogP contribution is -2.22. The van der Waals surface area contributed by atoms with E-state index < -0.39 is 0 Å². The SMILES string of the molecule is c1cc(-c2ccc(CNCC3CCCCCC3)cc2)[nH]n1. The molecule has 0 amide bonds. The largest absolute Gasteiger partial charge is 0.312 e. The Labute approximate surface area is 127 Å². The highest BCUT2D eigenvalue weighted by atomic mass is 15.1. The Kier molecular flexibility index (Phi) is 5.06. The molecule has 0 atom stereocenters. The van der Waals surface area contributed by atoms with E-state index in [4.69, 9.17) is 0 Å². The molecule has 1 aromatic carbocycles. The summed E-state index contributed by atoms with van der Waals surface area (Å²) in [6.45, 7) is 2.14. The number of hydrogen-bond donors (Lipinski definition) is 2. The Balaban J connectivity index is 1.47. The van der Waals surface area contributed by atoms with Gasteiger partial charge in [0.1, 0.15) is 0 Å². The summed E-state index contributed by atoms with van der Waals surface area (Å²) in [7, 11) is 0. The van der Waals surface area contributed by atoms with Gasteiger partial charge in [0, 0.05) is 12.7 Å². The Morgan fingerprint density at radius 2 is 1.76 bits per heavy atom. The molecule has 0 saturated heterocycles. The Bertz CT molecular complexity index is 508. The molecule has 0 bridgehead atoms. The first-order valence-corrected chi connectivity index (χ1v) is 8.21. The molecule has 1 fully saturated rings. The lowest BCUT2D eigenvalue weighted by Gasteiger charge is -2.14. The van der Waals surface area contributed by atoms with Gasteiger partial charge in [0.15, 0.2) is 0 Å². The molecule has 3 rings (SSSR count). The molecule has 21 heavy (non-hydrogen) atoms. The number of nitrogens with one attached hydrogen (secondary N) is 2. The number of aromatic amines is 1. The van der Waals surface area contributed by atoms with Crippen LogP contribution in [0.1, 0.15) is 44.1 Å². The minimum atomic E-state index is 0.886. The molecular weight excluding hydrogens is 258 g/mol. The van der Waals surface area contributed by atoms with E-state index in [1.54, 1.807) is 6.20 Å². The quantitative estimate of drug-likeness (QED) is 0.810. The zero-order valence-electron chi connectivity index (χ0n) is 12.6. The predicted octanol–water partition coefficient (Wildman–Crippen LogP) is 4.14. The third-order valence-corrected chi connectivity index (χ3v) is 4.50. The van der Waals surface area contributed by atoms with Crippen LogP contribution >= 0.6 is 0 Å². The van der Waals surface area contributed by atoms with Crippen LogP contribution in [0.3, 0.4) is 0 Å². The van der Waals surface area contributed by atoms with Crippen molar-refractivity contribution in [2.75, 3.05) is 6.54 Å². The van der Waals surface area contributed by atoms with Gasteiger partial charge in [0.2, 0.25) is 0 Å². The van der Waals surface area contributed by atoms with Crippen LogP contribution in [0.5, 0.6) is 0 Å². The molecule has 0 aliphatic heterocycles. The number of rotatable bonds is 5. The normalized spacial score (nSPS) is 16.8. The summed E-state index contributed by atoms with van der Waals surface area (Å²) in [4.78, 5) is 0. The van der Waals surface area contributed by atoms with Crippen LogP contribution < -0.4 is 5.32 Å². The summed E-state index contributed by atoms with van der Waals surface area (Å²) < 4.78 is 0. The van der Waals surface area contributed by atoms with E-state index in [1.165, 1.54) is 56.2 Å². The highest BCUT2D eigenvalue weighted by Gasteiger charge is 2.11. The predicted molar refractivity (Wildman–Crippen MR) is 86.9 cm³/mol. The van der Waals surface area contributed by atoms with E-state index in [-0.39, 0.29) is 0 Å². The van der Waals surface area contributed by atoms with Gasteiger partial charge in [-0.3, -0.25) is 5.10 Å². The van der Waals surface area contributed by atoms with E-state index in [0.717, 1.165) is 18.2 Å². The van der Waals surface area contributed by atoms with Gasteiger partial charge in [-0.1, -0.05) is 49.9 Å². The molecule has 3 nitrogen and oxygen atoms in total. The Hall–Kier alpha value is -1.61. The second kappa shape index (κ2) is 7.41. The van der Waals surface area contributed by atoms with Gasteiger partial charge in [0.05, 0.1) is 5.69 Å². The van der Waals surface area contributed by atoms with Crippen molar-refractivity contribution in [3.8, 4) is 11.3 Å². The molecule has 112 valence electrons. The number of benzene rings is 1. The minimum Gasteiger partial charge on any atom is -0.312 e. The van der Waals surface area contributed by atoms with Crippen molar-refractivity contribution >= 4 is 0 Å². The van der Waals surface area contributed by atoms with Crippen LogP contribution in [0, 0.1) is 5.92 Å². The van der Waals surface area contributed by atoms with Gasteiger partial charge >= 0.3 is 0 Å². The van der Waals surface area contributed by atoms with Gasteiger partial charge in [0.25, 0.3) is 0 Å². The summed E-state index contributed by atoms with van der Waals surface area (Å²) in [5.41, 5.74) is 3.62. The van der Waals surface area contributed by atoms with Crippen molar-refractivity contribution in [3.05, 3.63) is 42.1 Å². The lowest BCUT2D eigenvalue weighted by atomic mass is 10.0. The van der Waals surface area contributed by atoms with E-state index in [0.29, 0.717) is 0 Å². The van der Waals surface area contributed by atoms with Crippen molar-refractivity contribution < 1.29 is 0 Å². The third-order valence-electron chi connectivity index (χ3n) is 4.50. The zero-order chi connectivity index (χ0) is 14.3. The summed E-state index contributed by atoms with van der Waals surface area (Å²) in [6.07, 6.45) is 10.3. The monoisotopic (exact) mass is 283 g/mol. The van der Waals surface area contributed by atoms with Gasteiger partial charge in [-0.2, -0.15) is 5.10 Å². The van der Waals surface area contributed by atoms with Crippen molar-refractivity contribution in [1.82, 2.24) is 15.5 Å². The van der Waals surface area contributed by atoms with Crippen molar-refractivity contribution in [1.29, 1.82) is 0 Å². The minimum absolute atomic E-state index is 0.886. The molecule has 1 aromatic heterocycles. The molecule has 0 unspecified atom stereocenters. The summed E-state index contributed by atoms with van der Waals surface area (Å²) in [5, 5.41) is 10.6. The van der Waals surface area contributed by atoms with Crippen LogP contribution in [0.25, 0.3) is 11.3 Å². The number of aromatic nitrogens is 2. The van der Waals surface area contributed by atoms with Crippen molar-refractivity contribution in [2.45, 2.75) is 45.1 Å². The average Bonchev–Trinajstić information content (AvgIpc) is 2.93. The maximum absolute atomic E-state index is 3.99. The number of nitrogens with zero attached hydrogens (tertiary/aromatic N) is 1. The molecular formula is C18H25N3. The van der Waals surface area contributed by atoms with Crippen LogP contribution in [-0.2, 0) is 6.54 Å². The van der Waals surface area contributed by atoms with E-state index in [1.807, 2.05) is 6.07 Å². The molecule has 1 aliphatic rings. The summed E-state index contributed by atoms with van der Waals surface area (Å²) >= 11 is 0. The summed E-state index contributed by atoms with van der Waals surface area (Å²) in [5.74, 6) is 0.886. The molecule has 2 aromatic rings. The fraction of sp³-hybridized carbons (Fsp3) is 0.500. The second-order valence-electron chi connectivity index (χ2n) is 6.16. The van der Waals surface area contributed by atoms with Crippen LogP contribution in [0.15, 0.2) is 36.5 Å². The van der Waals surface area contributed by atoms with Gasteiger partial charge < -0.3 is 5.32 Å². The molecule has 3 heteroatoms. The standard InChI is InChI=1S/C18H25N3/c1-2-4-6-15(5-3-1)13-19-14-16-7-9-17(10-8-16)18-11-12-20-21-18/h7-12,15,19H,1-6,13-14H2,(H,20,21). The van der Waals surface area contributed by atoms with Crippen molar-refractivity contribution in [2.24, 2.45) is 5.92 Å². The van der Waals surface area contributed by atoms with Gasteiger partial charge in [-0.15, -0.1) is 0 Å². The van der Waals surface area contributed by atoms with E-state index in [9.17, 15) is 0 Å². The van der Waals surface area contributed by atoms with Gasteiger partial charge in [-0.05, 0) is 42.5 Å². The smallest absolute Gasteiger partial charge is 0.0650 e. The van der Waals surface area contributed by atoms with Gasteiger partial charge in [-0.25, -0.2) is 0 Å². The van der Waals surface area contributed by atoms with Crippen LogP contribution in [-0.4, -0.2) is 16.7 Å². The van der Waals surface area contributed by atoms with Crippen LogP contribution in [0.4, 0.5) is 0 Å². The van der Waals surface area contributed by atoms with Crippen LogP contribution in [0.2, 0.25) is 0 Å². The fourth-order valence-corrected chi connectivity index (χ4v) is 3.21. The summed E-state index contributed by atoms with van der Waals surface area (Å²) in [6, 6.07) is 10.7. The molecule has 1 heterocycles. The number of H-pyrrole nitrogens is 1. The van der Waals surface area contributed by atoms with Crippen molar-refractivity contribution in [3.63, 3.8) is 0 Å². The highest BCUT2D eigenvalue weighted by Crippen LogP contribution is 2.22. The molecule has 2 N–H and O–H groups in total. The molecule has 0 radical (unpaired) electrons. The Morgan fingerprint density at radius 3 is 2.43 bits per heavy atom. The molecule has 1 aliphatic carbocycles. The highest BCUT2D eigenvalue weighted by molar-refractivity contribution is 5.58. The first-order chi connectivity index (χ1) is 10.4. The topological polar surface area (TPSA) is 40.7 Å². The number of hydrogen-bond acceptors (Lipinski definition) is 2. The Morgan fingerprint density at radius 1 is 1.00 bits per heavy atom. The molecule has 0 spiro atoms. The maximum Gasteiger partial charge on any atom is 0.0650 e. The lowest BCUT2D eigenvalue weighted by molar-refractivity contribution is 0.425. The maximum atomic E-state index is 3.99. The first-order valence-electron chi connectivity index (χ1n) is 8.21. The molecule has 1 saturated carbocycles. The second-order valence-corrected chi connectivity index (χ2v) is 6.16. The first kappa shape index (κ1) is 14.3. The van der Waals surface area contributed by atoms with E-state index >= 15 is 0 Å².